The highest BCUT2D eigenvalue weighted by atomic mass is 32.1. The molecule has 0 unspecified atom stereocenters. The van der Waals surface area contributed by atoms with Crippen molar-refractivity contribution >= 4 is 23.2 Å². The van der Waals surface area contributed by atoms with Crippen molar-refractivity contribution < 1.29 is 14.3 Å². The van der Waals surface area contributed by atoms with E-state index in [2.05, 4.69) is 0 Å². The largest absolute Gasteiger partial charge is 0.465 e. The molecular formula is C21H19NO3S. The molecule has 0 spiro atoms. The third kappa shape index (κ3) is 4.37. The molecule has 1 aromatic heterocycles. The number of carbonyl (C=O) groups is 2. The molecule has 0 saturated heterocycles. The van der Waals surface area contributed by atoms with Crippen LogP contribution in [0.15, 0.2) is 72.8 Å². The van der Waals surface area contributed by atoms with Crippen LogP contribution >= 0.6 is 11.3 Å². The molecule has 0 aliphatic rings. The van der Waals surface area contributed by atoms with Gasteiger partial charge < -0.3 is 9.64 Å². The van der Waals surface area contributed by atoms with Crippen molar-refractivity contribution in [2.75, 3.05) is 7.11 Å². The molecule has 2 aromatic carbocycles. The Balaban J connectivity index is 1.85. The van der Waals surface area contributed by atoms with Gasteiger partial charge in [0, 0.05) is 13.1 Å². The van der Waals surface area contributed by atoms with Gasteiger partial charge in [-0.2, -0.15) is 0 Å². The van der Waals surface area contributed by atoms with E-state index in [1.807, 2.05) is 60.7 Å². The monoisotopic (exact) mass is 365 g/mol. The predicted octanol–water partition coefficient (Wildman–Crippen LogP) is 4.38. The van der Waals surface area contributed by atoms with Crippen LogP contribution in [0.25, 0.3) is 0 Å². The average molecular weight is 365 g/mol. The average Bonchev–Trinajstić information content (AvgIpc) is 3.18. The molecule has 5 heteroatoms. The number of thiophene rings is 1. The number of nitrogens with zero attached hydrogens (tertiary/aromatic N) is 1. The minimum atomic E-state index is -0.424. The molecule has 4 nitrogen and oxygen atoms in total. The summed E-state index contributed by atoms with van der Waals surface area (Å²) in [6.45, 7) is 1.00. The molecule has 26 heavy (non-hydrogen) atoms. The van der Waals surface area contributed by atoms with Gasteiger partial charge in [-0.3, -0.25) is 4.79 Å². The van der Waals surface area contributed by atoms with Gasteiger partial charge in [0.05, 0.1) is 12.0 Å². The topological polar surface area (TPSA) is 46.6 Å². The van der Waals surface area contributed by atoms with Gasteiger partial charge in [0.1, 0.15) is 4.88 Å². The van der Waals surface area contributed by atoms with Crippen LogP contribution in [0.3, 0.4) is 0 Å². The van der Waals surface area contributed by atoms with Gasteiger partial charge in [-0.15, -0.1) is 11.3 Å². The normalized spacial score (nSPS) is 10.3. The molecule has 0 aliphatic carbocycles. The lowest BCUT2D eigenvalue weighted by Gasteiger charge is -2.22. The Morgan fingerprint density at radius 2 is 1.31 bits per heavy atom. The highest BCUT2D eigenvalue weighted by Crippen LogP contribution is 2.21. The van der Waals surface area contributed by atoms with E-state index >= 15 is 0 Å². The van der Waals surface area contributed by atoms with E-state index in [9.17, 15) is 9.59 Å². The first-order valence-corrected chi connectivity index (χ1v) is 9.04. The third-order valence-electron chi connectivity index (χ3n) is 3.92. The number of hydrogen-bond acceptors (Lipinski definition) is 4. The summed E-state index contributed by atoms with van der Waals surface area (Å²) >= 11 is 1.16. The Morgan fingerprint density at radius 3 is 1.81 bits per heavy atom. The highest BCUT2D eigenvalue weighted by molar-refractivity contribution is 7.15. The number of amides is 1. The van der Waals surface area contributed by atoms with Crippen molar-refractivity contribution in [1.82, 2.24) is 4.90 Å². The van der Waals surface area contributed by atoms with Crippen LogP contribution < -0.4 is 0 Å². The molecule has 1 amide bonds. The molecule has 0 atom stereocenters. The Morgan fingerprint density at radius 1 is 0.808 bits per heavy atom. The molecule has 132 valence electrons. The summed E-state index contributed by atoms with van der Waals surface area (Å²) in [4.78, 5) is 27.5. The van der Waals surface area contributed by atoms with Gasteiger partial charge in [0.2, 0.25) is 0 Å². The second kappa shape index (κ2) is 8.45. The maximum atomic E-state index is 13.1. The maximum Gasteiger partial charge on any atom is 0.348 e. The minimum absolute atomic E-state index is 0.0992. The number of carbonyl (C=O) groups excluding carboxylic acids is 2. The number of ether oxygens (including phenoxy) is 1. The minimum Gasteiger partial charge on any atom is -0.465 e. The lowest BCUT2D eigenvalue weighted by atomic mass is 10.1. The van der Waals surface area contributed by atoms with E-state index in [-0.39, 0.29) is 5.91 Å². The van der Waals surface area contributed by atoms with Crippen molar-refractivity contribution in [3.05, 3.63) is 93.7 Å². The van der Waals surface area contributed by atoms with E-state index in [1.165, 1.54) is 7.11 Å². The standard InChI is InChI=1S/C21H19NO3S/c1-25-21(24)19-13-12-18(26-19)20(23)22(14-16-8-4-2-5-9-16)15-17-10-6-3-7-11-17/h2-13H,14-15H2,1H3. The number of esters is 1. The van der Waals surface area contributed by atoms with E-state index in [1.54, 1.807) is 17.0 Å². The van der Waals surface area contributed by atoms with Gasteiger partial charge in [0.25, 0.3) is 5.91 Å². The number of benzene rings is 2. The van der Waals surface area contributed by atoms with E-state index in [0.717, 1.165) is 22.5 Å². The Bertz CT molecular complexity index is 833. The molecule has 0 saturated carbocycles. The quantitative estimate of drug-likeness (QED) is 0.609. The Kier molecular flexibility index (Phi) is 5.81. The van der Waals surface area contributed by atoms with Crippen LogP contribution in [-0.2, 0) is 17.8 Å². The summed E-state index contributed by atoms with van der Waals surface area (Å²) in [6.07, 6.45) is 0. The second-order valence-corrected chi connectivity index (χ2v) is 6.87. The van der Waals surface area contributed by atoms with Crippen molar-refractivity contribution in [3.8, 4) is 0 Å². The highest BCUT2D eigenvalue weighted by Gasteiger charge is 2.20. The molecule has 0 radical (unpaired) electrons. The van der Waals surface area contributed by atoms with E-state index < -0.39 is 5.97 Å². The summed E-state index contributed by atoms with van der Waals surface area (Å²) in [5.41, 5.74) is 2.11. The summed E-state index contributed by atoms with van der Waals surface area (Å²) < 4.78 is 4.73. The zero-order valence-electron chi connectivity index (χ0n) is 14.4. The molecule has 3 rings (SSSR count). The number of methoxy groups -OCH3 is 1. The SMILES string of the molecule is COC(=O)c1ccc(C(=O)N(Cc2ccccc2)Cc2ccccc2)s1. The first-order valence-electron chi connectivity index (χ1n) is 8.22. The molecular weight excluding hydrogens is 346 g/mol. The molecule has 1 heterocycles. The Hall–Kier alpha value is -2.92. The van der Waals surface area contributed by atoms with Gasteiger partial charge in [-0.1, -0.05) is 60.7 Å². The molecule has 0 bridgehead atoms. The maximum absolute atomic E-state index is 13.1. The molecule has 0 fully saturated rings. The number of hydrogen-bond donors (Lipinski definition) is 0. The summed E-state index contributed by atoms with van der Waals surface area (Å²) in [5.74, 6) is -0.524. The van der Waals surface area contributed by atoms with Gasteiger partial charge in [-0.25, -0.2) is 4.79 Å². The molecule has 3 aromatic rings. The lowest BCUT2D eigenvalue weighted by molar-refractivity contribution is 0.0606. The molecule has 0 N–H and O–H groups in total. The van der Waals surface area contributed by atoms with E-state index in [4.69, 9.17) is 4.74 Å². The fourth-order valence-electron chi connectivity index (χ4n) is 2.63. The van der Waals surface area contributed by atoms with Crippen LogP contribution in [0.5, 0.6) is 0 Å². The van der Waals surface area contributed by atoms with Crippen LogP contribution in [0.2, 0.25) is 0 Å². The predicted molar refractivity (Wildman–Crippen MR) is 102 cm³/mol. The van der Waals surface area contributed by atoms with E-state index in [0.29, 0.717) is 22.8 Å². The summed E-state index contributed by atoms with van der Waals surface area (Å²) in [5, 5.41) is 0. The van der Waals surface area contributed by atoms with Crippen molar-refractivity contribution in [3.63, 3.8) is 0 Å². The van der Waals surface area contributed by atoms with Gasteiger partial charge in [0.15, 0.2) is 0 Å². The Labute approximate surface area is 156 Å². The zero-order chi connectivity index (χ0) is 18.4. The van der Waals surface area contributed by atoms with Crippen molar-refractivity contribution in [2.45, 2.75) is 13.1 Å². The van der Waals surface area contributed by atoms with Crippen LogP contribution in [0, 0.1) is 0 Å². The van der Waals surface area contributed by atoms with Crippen LogP contribution in [0.4, 0.5) is 0 Å². The fourth-order valence-corrected chi connectivity index (χ4v) is 3.52. The first-order chi connectivity index (χ1) is 12.7. The van der Waals surface area contributed by atoms with Gasteiger partial charge in [-0.05, 0) is 23.3 Å². The third-order valence-corrected chi connectivity index (χ3v) is 4.98. The fraction of sp³-hybridized carbons (Fsp3) is 0.143. The van der Waals surface area contributed by atoms with Crippen LogP contribution in [-0.4, -0.2) is 23.9 Å². The van der Waals surface area contributed by atoms with Gasteiger partial charge >= 0.3 is 5.97 Å². The lowest BCUT2D eigenvalue weighted by Crippen LogP contribution is -2.29. The zero-order valence-corrected chi connectivity index (χ0v) is 15.2. The van der Waals surface area contributed by atoms with Crippen LogP contribution in [0.1, 0.15) is 30.5 Å². The second-order valence-electron chi connectivity index (χ2n) is 5.79. The summed E-state index contributed by atoms with van der Waals surface area (Å²) in [6, 6.07) is 23.1. The summed E-state index contributed by atoms with van der Waals surface area (Å²) in [7, 11) is 1.33. The number of rotatable bonds is 6. The van der Waals surface area contributed by atoms with Crippen molar-refractivity contribution in [2.24, 2.45) is 0 Å². The molecule has 0 aliphatic heterocycles. The first kappa shape index (κ1) is 17.9. The van der Waals surface area contributed by atoms with Crippen molar-refractivity contribution in [1.29, 1.82) is 0 Å². The smallest absolute Gasteiger partial charge is 0.348 e.